The number of rotatable bonds is 5. The van der Waals surface area contributed by atoms with Crippen molar-refractivity contribution in [3.05, 3.63) is 57.0 Å². The van der Waals surface area contributed by atoms with Crippen LogP contribution in [0.2, 0.25) is 5.02 Å². The van der Waals surface area contributed by atoms with E-state index in [9.17, 15) is 14.0 Å². The lowest BCUT2D eigenvalue weighted by atomic mass is 9.92. The van der Waals surface area contributed by atoms with E-state index in [4.69, 9.17) is 11.6 Å². The third-order valence-electron chi connectivity index (χ3n) is 4.04. The second kappa shape index (κ2) is 7.45. The number of hydrogen-bond donors (Lipinski definition) is 0. The molecule has 0 spiro atoms. The second-order valence-corrected chi connectivity index (χ2v) is 7.09. The van der Waals surface area contributed by atoms with Crippen LogP contribution in [0.4, 0.5) is 4.39 Å². The highest BCUT2D eigenvalue weighted by atomic mass is 35.5. The van der Waals surface area contributed by atoms with Crippen LogP contribution in [0.1, 0.15) is 35.0 Å². The maximum Gasteiger partial charge on any atom is 0.291 e. The van der Waals surface area contributed by atoms with Gasteiger partial charge in [-0.05, 0) is 36.4 Å². The van der Waals surface area contributed by atoms with E-state index < -0.39 is 23.5 Å². The highest BCUT2D eigenvalue weighted by Crippen LogP contribution is 2.29. The molecule has 1 aromatic carbocycles. The predicted octanol–water partition coefficient (Wildman–Crippen LogP) is 4.54. The summed E-state index contributed by atoms with van der Waals surface area (Å²) in [5.74, 6) is -2.01. The van der Waals surface area contributed by atoms with E-state index in [1.807, 2.05) is 6.92 Å². The van der Waals surface area contributed by atoms with Crippen molar-refractivity contribution in [2.45, 2.75) is 26.2 Å². The van der Waals surface area contributed by atoms with E-state index in [1.54, 1.807) is 23.6 Å². The molecule has 2 amide bonds. The number of hydrazone groups is 1. The van der Waals surface area contributed by atoms with Crippen LogP contribution in [0, 0.1) is 11.7 Å². The number of amides is 2. The number of carbonyl (C=O) groups is 2. The molecule has 4 nitrogen and oxygen atoms in total. The van der Waals surface area contributed by atoms with Gasteiger partial charge in [-0.15, -0.1) is 11.3 Å². The fraction of sp³-hybridized carbons (Fsp3) is 0.278. The first kappa shape index (κ1) is 17.8. The van der Waals surface area contributed by atoms with Gasteiger partial charge in [-0.3, -0.25) is 9.59 Å². The van der Waals surface area contributed by atoms with Gasteiger partial charge in [0.2, 0.25) is 0 Å². The standard InChI is InChI=1S/C18H16ClFN2O2S/c1-2-5-15-12(10-11-13(19)6-3-7-14(11)20)17(23)22(21-15)18(24)16-8-4-9-25-16/h3-4,6-9,12H,2,5,10H2,1H3/t12-/m0/s1. The Bertz CT molecular complexity index is 815. The van der Waals surface area contributed by atoms with Crippen LogP contribution < -0.4 is 0 Å². The minimum atomic E-state index is -0.668. The van der Waals surface area contributed by atoms with Crippen molar-refractivity contribution in [1.82, 2.24) is 5.01 Å². The number of hydrogen-bond acceptors (Lipinski definition) is 4. The molecule has 1 aliphatic rings. The van der Waals surface area contributed by atoms with Crippen molar-refractivity contribution >= 4 is 40.5 Å². The highest BCUT2D eigenvalue weighted by Gasteiger charge is 2.39. The van der Waals surface area contributed by atoms with Gasteiger partial charge >= 0.3 is 0 Å². The van der Waals surface area contributed by atoms with Crippen LogP contribution in [0.25, 0.3) is 0 Å². The van der Waals surface area contributed by atoms with E-state index >= 15 is 0 Å². The van der Waals surface area contributed by atoms with Gasteiger partial charge in [0.25, 0.3) is 11.8 Å². The first-order valence-corrected chi connectivity index (χ1v) is 9.20. The molecule has 0 radical (unpaired) electrons. The Morgan fingerprint density at radius 2 is 2.16 bits per heavy atom. The molecule has 0 aliphatic carbocycles. The Balaban J connectivity index is 1.90. The molecule has 0 bridgehead atoms. The van der Waals surface area contributed by atoms with Crippen LogP contribution in [-0.2, 0) is 11.2 Å². The largest absolute Gasteiger partial charge is 0.291 e. The average Bonchev–Trinajstić information content (AvgIpc) is 3.21. The summed E-state index contributed by atoms with van der Waals surface area (Å²) in [5, 5.41) is 7.19. The number of nitrogens with zero attached hydrogens (tertiary/aromatic N) is 2. The Labute approximate surface area is 153 Å². The molecule has 2 heterocycles. The second-order valence-electron chi connectivity index (χ2n) is 5.73. The van der Waals surface area contributed by atoms with E-state index in [1.165, 1.54) is 23.5 Å². The maximum absolute atomic E-state index is 14.1. The van der Waals surface area contributed by atoms with Gasteiger partial charge in [0, 0.05) is 10.6 Å². The Morgan fingerprint density at radius 1 is 1.36 bits per heavy atom. The molecule has 1 aromatic heterocycles. The summed E-state index contributed by atoms with van der Waals surface area (Å²) >= 11 is 7.34. The smallest absolute Gasteiger partial charge is 0.272 e. The Hall–Kier alpha value is -2.05. The zero-order chi connectivity index (χ0) is 18.0. The molecule has 0 unspecified atom stereocenters. The number of benzene rings is 1. The SMILES string of the molecule is CCCC1=NN(C(=O)c2cccs2)C(=O)[C@H]1Cc1c(F)cccc1Cl. The molecule has 25 heavy (non-hydrogen) atoms. The van der Waals surface area contributed by atoms with E-state index in [0.29, 0.717) is 17.0 Å². The molecular weight excluding hydrogens is 363 g/mol. The van der Waals surface area contributed by atoms with Crippen LogP contribution in [-0.4, -0.2) is 22.5 Å². The van der Waals surface area contributed by atoms with Gasteiger partial charge in [0.15, 0.2) is 0 Å². The van der Waals surface area contributed by atoms with Crippen LogP contribution in [0.5, 0.6) is 0 Å². The molecule has 0 saturated carbocycles. The molecule has 0 fully saturated rings. The topological polar surface area (TPSA) is 49.7 Å². The summed E-state index contributed by atoms with van der Waals surface area (Å²) < 4.78 is 14.1. The normalized spacial score (nSPS) is 17.1. The molecule has 2 aromatic rings. The van der Waals surface area contributed by atoms with Crippen LogP contribution in [0.15, 0.2) is 40.8 Å². The molecule has 7 heteroatoms. The van der Waals surface area contributed by atoms with E-state index in [0.717, 1.165) is 11.4 Å². The Morgan fingerprint density at radius 3 is 2.80 bits per heavy atom. The lowest BCUT2D eigenvalue weighted by molar-refractivity contribution is -0.129. The minimum absolute atomic E-state index is 0.0946. The first-order chi connectivity index (χ1) is 12.0. The molecule has 0 saturated heterocycles. The van der Waals surface area contributed by atoms with Gasteiger partial charge in [0.1, 0.15) is 5.82 Å². The zero-order valence-electron chi connectivity index (χ0n) is 13.5. The van der Waals surface area contributed by atoms with E-state index in [-0.39, 0.29) is 17.0 Å². The van der Waals surface area contributed by atoms with Gasteiger partial charge in [-0.2, -0.15) is 10.1 Å². The summed E-state index contributed by atoms with van der Waals surface area (Å²) in [4.78, 5) is 25.7. The molecule has 1 aliphatic heterocycles. The van der Waals surface area contributed by atoms with E-state index in [2.05, 4.69) is 5.10 Å². The van der Waals surface area contributed by atoms with Crippen molar-refractivity contribution in [2.24, 2.45) is 11.0 Å². The van der Waals surface area contributed by atoms with Crippen molar-refractivity contribution in [3.8, 4) is 0 Å². The Kier molecular flexibility index (Phi) is 5.30. The fourth-order valence-corrected chi connectivity index (χ4v) is 3.69. The molecular formula is C18H16ClFN2O2S. The van der Waals surface area contributed by atoms with Gasteiger partial charge < -0.3 is 0 Å². The molecule has 0 N–H and O–H groups in total. The van der Waals surface area contributed by atoms with Crippen LogP contribution in [0.3, 0.4) is 0 Å². The summed E-state index contributed by atoms with van der Waals surface area (Å²) in [6.07, 6.45) is 1.43. The quantitative estimate of drug-likeness (QED) is 0.717. The van der Waals surface area contributed by atoms with Crippen molar-refractivity contribution in [1.29, 1.82) is 0 Å². The lowest BCUT2D eigenvalue weighted by Crippen LogP contribution is -2.33. The van der Waals surface area contributed by atoms with Crippen molar-refractivity contribution < 1.29 is 14.0 Å². The summed E-state index contributed by atoms with van der Waals surface area (Å²) in [6, 6.07) is 7.81. The highest BCUT2D eigenvalue weighted by molar-refractivity contribution is 7.12. The summed E-state index contributed by atoms with van der Waals surface area (Å²) in [7, 11) is 0. The van der Waals surface area contributed by atoms with Gasteiger partial charge in [0.05, 0.1) is 16.5 Å². The summed E-state index contributed by atoms with van der Waals surface area (Å²) in [5.41, 5.74) is 0.869. The number of imide groups is 1. The van der Waals surface area contributed by atoms with Crippen molar-refractivity contribution in [3.63, 3.8) is 0 Å². The monoisotopic (exact) mass is 378 g/mol. The first-order valence-electron chi connectivity index (χ1n) is 7.95. The molecule has 1 atom stereocenters. The fourth-order valence-electron chi connectivity index (χ4n) is 2.80. The van der Waals surface area contributed by atoms with Crippen molar-refractivity contribution in [2.75, 3.05) is 0 Å². The number of halogens is 2. The predicted molar refractivity (Wildman–Crippen MR) is 96.4 cm³/mol. The van der Waals surface area contributed by atoms with Crippen LogP contribution >= 0.6 is 22.9 Å². The molecule has 130 valence electrons. The van der Waals surface area contributed by atoms with Gasteiger partial charge in [-0.1, -0.05) is 37.1 Å². The number of thiophene rings is 1. The van der Waals surface area contributed by atoms with Gasteiger partial charge in [-0.25, -0.2) is 4.39 Å². The number of carbonyl (C=O) groups excluding carboxylic acids is 2. The maximum atomic E-state index is 14.1. The summed E-state index contributed by atoms with van der Waals surface area (Å²) in [6.45, 7) is 1.96. The molecule has 3 rings (SSSR count). The zero-order valence-corrected chi connectivity index (χ0v) is 15.1. The third-order valence-corrected chi connectivity index (χ3v) is 5.25. The minimum Gasteiger partial charge on any atom is -0.272 e. The average molecular weight is 379 g/mol. The lowest BCUT2D eigenvalue weighted by Gasteiger charge is -2.14. The third kappa shape index (κ3) is 3.50.